The number of ether oxygens (including phenoxy) is 1. The van der Waals surface area contributed by atoms with Gasteiger partial charge in [-0.05, 0) is 31.2 Å². The van der Waals surface area contributed by atoms with Gasteiger partial charge in [-0.3, -0.25) is 9.89 Å². The zero-order chi connectivity index (χ0) is 18.1. The summed E-state index contributed by atoms with van der Waals surface area (Å²) in [5.41, 5.74) is 1.42. The summed E-state index contributed by atoms with van der Waals surface area (Å²) >= 11 is 2.81. The van der Waals surface area contributed by atoms with Crippen molar-refractivity contribution in [3.05, 3.63) is 51.4 Å². The standard InChI is InChI=1S/C16H14N6O2S2/c1-9-21-22-13(23)7-11(17-16(22)26-9)8-25-15-18-14(19-20-15)10-3-5-12(24-2)6-4-10/h3-7H,8H2,1-2H3,(H,18,19,20). The third-order valence-corrected chi connectivity index (χ3v) is 5.28. The molecule has 0 saturated carbocycles. The van der Waals surface area contributed by atoms with Crippen LogP contribution in [0.25, 0.3) is 16.3 Å². The largest absolute Gasteiger partial charge is 0.497 e. The number of hydrogen-bond acceptors (Lipinski definition) is 8. The number of thioether (sulfide) groups is 1. The summed E-state index contributed by atoms with van der Waals surface area (Å²) in [6.07, 6.45) is 0. The SMILES string of the molecule is COc1ccc(-c2nc(SCc3cc(=O)n4nc(C)sc4n3)n[nH]2)cc1. The third kappa shape index (κ3) is 3.33. The molecule has 0 unspecified atom stereocenters. The number of aromatic amines is 1. The maximum Gasteiger partial charge on any atom is 0.275 e. The molecule has 0 aliphatic heterocycles. The van der Waals surface area contributed by atoms with Gasteiger partial charge in [0.05, 0.1) is 12.8 Å². The van der Waals surface area contributed by atoms with E-state index in [4.69, 9.17) is 4.74 Å². The monoisotopic (exact) mass is 386 g/mol. The first kappa shape index (κ1) is 16.7. The Labute approximate surface area is 156 Å². The van der Waals surface area contributed by atoms with Crippen molar-refractivity contribution >= 4 is 28.1 Å². The number of rotatable bonds is 5. The summed E-state index contributed by atoms with van der Waals surface area (Å²) in [5.74, 6) is 1.97. The molecule has 132 valence electrons. The molecule has 3 aromatic heterocycles. The first-order valence-electron chi connectivity index (χ1n) is 7.68. The van der Waals surface area contributed by atoms with E-state index in [0.717, 1.165) is 16.3 Å². The Morgan fingerprint density at radius 1 is 1.27 bits per heavy atom. The second-order valence-corrected chi connectivity index (χ2v) is 7.49. The van der Waals surface area contributed by atoms with Gasteiger partial charge in [-0.15, -0.1) is 5.10 Å². The number of aromatic nitrogens is 6. The Morgan fingerprint density at radius 2 is 2.08 bits per heavy atom. The third-order valence-electron chi connectivity index (χ3n) is 3.58. The highest BCUT2D eigenvalue weighted by Gasteiger charge is 2.10. The van der Waals surface area contributed by atoms with Crippen LogP contribution in [0, 0.1) is 6.92 Å². The van der Waals surface area contributed by atoms with E-state index in [1.54, 1.807) is 7.11 Å². The van der Waals surface area contributed by atoms with Gasteiger partial charge in [-0.1, -0.05) is 23.1 Å². The van der Waals surface area contributed by atoms with Gasteiger partial charge in [-0.2, -0.15) is 9.61 Å². The van der Waals surface area contributed by atoms with Crippen molar-refractivity contribution in [2.24, 2.45) is 0 Å². The van der Waals surface area contributed by atoms with Crippen LogP contribution in [0.3, 0.4) is 0 Å². The van der Waals surface area contributed by atoms with Crippen LogP contribution in [0.1, 0.15) is 10.7 Å². The van der Waals surface area contributed by atoms with E-state index in [9.17, 15) is 4.79 Å². The molecular formula is C16H14N6O2S2. The van der Waals surface area contributed by atoms with Crippen LogP contribution in [0.4, 0.5) is 0 Å². The number of H-pyrrole nitrogens is 1. The van der Waals surface area contributed by atoms with Crippen LogP contribution in [0.2, 0.25) is 0 Å². The molecule has 0 aliphatic carbocycles. The number of aryl methyl sites for hydroxylation is 1. The molecular weight excluding hydrogens is 372 g/mol. The Balaban J connectivity index is 1.50. The molecule has 0 amide bonds. The van der Waals surface area contributed by atoms with E-state index in [1.165, 1.54) is 33.7 Å². The van der Waals surface area contributed by atoms with Gasteiger partial charge in [0, 0.05) is 17.4 Å². The van der Waals surface area contributed by atoms with E-state index in [1.807, 2.05) is 31.2 Å². The summed E-state index contributed by atoms with van der Waals surface area (Å²) in [6, 6.07) is 9.06. The molecule has 4 rings (SSSR count). The molecule has 1 N–H and O–H groups in total. The Kier molecular flexibility index (Phi) is 4.43. The first-order valence-corrected chi connectivity index (χ1v) is 9.48. The quantitative estimate of drug-likeness (QED) is 0.526. The fourth-order valence-corrected chi connectivity index (χ4v) is 3.81. The van der Waals surface area contributed by atoms with E-state index < -0.39 is 0 Å². The average molecular weight is 386 g/mol. The Bertz CT molecular complexity index is 1120. The van der Waals surface area contributed by atoms with E-state index in [0.29, 0.717) is 27.4 Å². The van der Waals surface area contributed by atoms with Crippen molar-refractivity contribution in [3.8, 4) is 17.1 Å². The zero-order valence-electron chi connectivity index (χ0n) is 14.0. The second kappa shape index (κ2) is 6.89. The molecule has 0 atom stereocenters. The highest BCUT2D eigenvalue weighted by atomic mass is 32.2. The second-order valence-electron chi connectivity index (χ2n) is 5.38. The molecule has 26 heavy (non-hydrogen) atoms. The molecule has 10 heteroatoms. The minimum Gasteiger partial charge on any atom is -0.497 e. The Morgan fingerprint density at radius 3 is 2.85 bits per heavy atom. The predicted octanol–water partition coefficient (Wildman–Crippen LogP) is 2.55. The summed E-state index contributed by atoms with van der Waals surface area (Å²) in [5, 5.41) is 12.7. The van der Waals surface area contributed by atoms with Gasteiger partial charge in [0.25, 0.3) is 5.56 Å². The fraction of sp³-hybridized carbons (Fsp3) is 0.188. The van der Waals surface area contributed by atoms with Gasteiger partial charge < -0.3 is 4.74 Å². The highest BCUT2D eigenvalue weighted by molar-refractivity contribution is 7.98. The highest BCUT2D eigenvalue weighted by Crippen LogP contribution is 2.23. The van der Waals surface area contributed by atoms with Crippen LogP contribution in [0.5, 0.6) is 5.75 Å². The summed E-state index contributed by atoms with van der Waals surface area (Å²) in [6.45, 7) is 1.85. The summed E-state index contributed by atoms with van der Waals surface area (Å²) < 4.78 is 6.47. The van der Waals surface area contributed by atoms with Crippen molar-refractivity contribution in [2.75, 3.05) is 7.11 Å². The van der Waals surface area contributed by atoms with Crippen molar-refractivity contribution in [2.45, 2.75) is 17.8 Å². The minimum atomic E-state index is -0.177. The zero-order valence-corrected chi connectivity index (χ0v) is 15.6. The molecule has 0 saturated heterocycles. The number of fused-ring (bicyclic) bond motifs is 1. The van der Waals surface area contributed by atoms with E-state index in [-0.39, 0.29) is 5.56 Å². The normalized spacial score (nSPS) is 11.2. The van der Waals surface area contributed by atoms with E-state index >= 15 is 0 Å². The molecule has 0 aliphatic rings. The van der Waals surface area contributed by atoms with Crippen LogP contribution in [0.15, 0.2) is 40.3 Å². The lowest BCUT2D eigenvalue weighted by Gasteiger charge is -2.00. The number of benzene rings is 1. The van der Waals surface area contributed by atoms with Crippen molar-refractivity contribution in [1.29, 1.82) is 0 Å². The molecule has 8 nitrogen and oxygen atoms in total. The lowest BCUT2D eigenvalue weighted by molar-refractivity contribution is 0.415. The number of methoxy groups -OCH3 is 1. The van der Waals surface area contributed by atoms with Gasteiger partial charge in [-0.25, -0.2) is 9.97 Å². The summed E-state index contributed by atoms with van der Waals surface area (Å²) in [4.78, 5) is 21.6. The van der Waals surface area contributed by atoms with Gasteiger partial charge in [0.2, 0.25) is 10.1 Å². The van der Waals surface area contributed by atoms with Gasteiger partial charge >= 0.3 is 0 Å². The molecule has 1 aromatic carbocycles. The smallest absolute Gasteiger partial charge is 0.275 e. The molecule has 3 heterocycles. The summed E-state index contributed by atoms with van der Waals surface area (Å²) in [7, 11) is 1.63. The number of nitrogens with one attached hydrogen (secondary N) is 1. The van der Waals surface area contributed by atoms with Crippen molar-refractivity contribution < 1.29 is 4.74 Å². The predicted molar refractivity (Wildman–Crippen MR) is 99.8 cm³/mol. The van der Waals surface area contributed by atoms with Gasteiger partial charge in [0.1, 0.15) is 10.8 Å². The number of hydrogen-bond donors (Lipinski definition) is 1. The van der Waals surface area contributed by atoms with Crippen LogP contribution in [-0.2, 0) is 5.75 Å². The van der Waals surface area contributed by atoms with Crippen LogP contribution >= 0.6 is 23.1 Å². The Hall–Kier alpha value is -2.72. The molecule has 0 fully saturated rings. The van der Waals surface area contributed by atoms with Crippen molar-refractivity contribution in [3.63, 3.8) is 0 Å². The molecule has 0 bridgehead atoms. The lowest BCUT2D eigenvalue weighted by Crippen LogP contribution is -2.15. The first-order chi connectivity index (χ1) is 12.6. The van der Waals surface area contributed by atoms with Gasteiger partial charge in [0.15, 0.2) is 5.82 Å². The lowest BCUT2D eigenvalue weighted by atomic mass is 10.2. The van der Waals surface area contributed by atoms with Crippen molar-refractivity contribution in [1.82, 2.24) is 29.8 Å². The molecule has 0 radical (unpaired) electrons. The topological polar surface area (TPSA) is 98.1 Å². The fourth-order valence-electron chi connectivity index (χ4n) is 2.35. The minimum absolute atomic E-state index is 0.177. The maximum absolute atomic E-state index is 12.1. The number of nitrogens with zero attached hydrogens (tertiary/aromatic N) is 5. The molecule has 0 spiro atoms. The van der Waals surface area contributed by atoms with Crippen LogP contribution in [-0.4, -0.2) is 36.9 Å². The maximum atomic E-state index is 12.1. The average Bonchev–Trinajstić information content (AvgIpc) is 3.26. The van der Waals surface area contributed by atoms with E-state index in [2.05, 4.69) is 25.3 Å². The van der Waals surface area contributed by atoms with Crippen LogP contribution < -0.4 is 10.3 Å². The molecule has 4 aromatic rings.